The fourth-order valence-electron chi connectivity index (χ4n) is 7.10. The minimum atomic E-state index is 0.310. The fourth-order valence-corrected chi connectivity index (χ4v) is 7.10. The number of hydrogen-bond donors (Lipinski definition) is 0. The van der Waals surface area contributed by atoms with Crippen molar-refractivity contribution < 1.29 is 4.57 Å². The molecule has 2 aromatic carbocycles. The molecule has 3 aliphatic rings. The van der Waals surface area contributed by atoms with Crippen molar-refractivity contribution in [1.29, 1.82) is 0 Å². The molecule has 2 heterocycles. The van der Waals surface area contributed by atoms with Gasteiger partial charge in [-0.15, -0.1) is 0 Å². The van der Waals surface area contributed by atoms with Crippen LogP contribution in [0.3, 0.4) is 0 Å². The Balaban J connectivity index is 1.51. The molecule has 35 heavy (non-hydrogen) atoms. The predicted octanol–water partition coefficient (Wildman–Crippen LogP) is 7.78. The van der Waals surface area contributed by atoms with E-state index in [0.29, 0.717) is 18.1 Å². The number of benzene rings is 2. The van der Waals surface area contributed by atoms with E-state index in [1.165, 1.54) is 97.4 Å². The van der Waals surface area contributed by atoms with E-state index in [0.717, 1.165) is 0 Å². The maximum Gasteiger partial charge on any atom is 0.284 e. The van der Waals surface area contributed by atoms with E-state index in [4.69, 9.17) is 0 Å². The molecule has 0 N–H and O–H groups in total. The molecular weight excluding hydrogens is 426 g/mol. The van der Waals surface area contributed by atoms with Crippen molar-refractivity contribution in [3.05, 3.63) is 71.8 Å². The van der Waals surface area contributed by atoms with Gasteiger partial charge in [0.1, 0.15) is 5.69 Å². The molecule has 3 heteroatoms. The first-order valence-corrected chi connectivity index (χ1v) is 13.9. The SMILES string of the molecule is Cc1ccccc1-c1cc(C2CCCC2)cc(N2c3ccccc3N(C3CCCCC3)[C@H]2C)[n+]1C. The van der Waals surface area contributed by atoms with Crippen LogP contribution in [-0.2, 0) is 7.05 Å². The Morgan fingerprint density at radius 2 is 1.43 bits per heavy atom. The van der Waals surface area contributed by atoms with Gasteiger partial charge in [-0.05, 0) is 74.8 Å². The fraction of sp³-hybridized carbons (Fsp3) is 0.469. The summed E-state index contributed by atoms with van der Waals surface area (Å²) in [4.78, 5) is 5.37. The average molecular weight is 467 g/mol. The molecule has 2 fully saturated rings. The number of pyridine rings is 1. The van der Waals surface area contributed by atoms with Crippen LogP contribution in [-0.4, -0.2) is 12.2 Å². The van der Waals surface area contributed by atoms with Crippen molar-refractivity contribution in [3.8, 4) is 11.3 Å². The molecule has 0 saturated heterocycles. The second-order valence-corrected chi connectivity index (χ2v) is 11.1. The minimum Gasteiger partial charge on any atom is -0.327 e. The zero-order valence-corrected chi connectivity index (χ0v) is 21.7. The number of rotatable bonds is 4. The van der Waals surface area contributed by atoms with Gasteiger partial charge in [-0.2, -0.15) is 0 Å². The molecule has 0 radical (unpaired) electrons. The second kappa shape index (κ2) is 9.33. The molecule has 1 aliphatic heterocycles. The van der Waals surface area contributed by atoms with Gasteiger partial charge in [-0.1, -0.05) is 68.5 Å². The van der Waals surface area contributed by atoms with Crippen molar-refractivity contribution >= 4 is 17.2 Å². The number of anilines is 3. The maximum absolute atomic E-state index is 2.74. The molecule has 0 bridgehead atoms. The third kappa shape index (κ3) is 3.93. The molecule has 3 nitrogen and oxygen atoms in total. The first-order valence-electron chi connectivity index (χ1n) is 13.9. The van der Waals surface area contributed by atoms with E-state index in [-0.39, 0.29) is 0 Å². The van der Waals surface area contributed by atoms with Gasteiger partial charge < -0.3 is 4.90 Å². The lowest BCUT2D eigenvalue weighted by Gasteiger charge is -2.35. The molecule has 3 aromatic rings. The largest absolute Gasteiger partial charge is 0.327 e. The highest BCUT2D eigenvalue weighted by Gasteiger charge is 2.44. The Kier molecular flexibility index (Phi) is 6.04. The lowest BCUT2D eigenvalue weighted by molar-refractivity contribution is -0.647. The van der Waals surface area contributed by atoms with E-state index < -0.39 is 0 Å². The lowest BCUT2D eigenvalue weighted by Crippen LogP contribution is -2.49. The molecule has 182 valence electrons. The normalized spacial score (nSPS) is 21.1. The molecule has 2 saturated carbocycles. The summed E-state index contributed by atoms with van der Waals surface area (Å²) < 4.78 is 2.46. The minimum absolute atomic E-state index is 0.310. The Labute approximate surface area is 211 Å². The highest BCUT2D eigenvalue weighted by Crippen LogP contribution is 2.47. The average Bonchev–Trinajstić information content (AvgIpc) is 3.52. The molecule has 0 unspecified atom stereocenters. The van der Waals surface area contributed by atoms with Crippen molar-refractivity contribution in [1.82, 2.24) is 0 Å². The van der Waals surface area contributed by atoms with E-state index in [1.54, 1.807) is 0 Å². The molecule has 6 rings (SSSR count). The van der Waals surface area contributed by atoms with Crippen molar-refractivity contribution in [2.24, 2.45) is 7.05 Å². The van der Waals surface area contributed by atoms with Gasteiger partial charge >= 0.3 is 0 Å². The summed E-state index contributed by atoms with van der Waals surface area (Å²) in [7, 11) is 2.27. The molecule has 1 atom stereocenters. The number of para-hydroxylation sites is 2. The number of aryl methyl sites for hydroxylation is 1. The van der Waals surface area contributed by atoms with Crippen LogP contribution in [0, 0.1) is 6.92 Å². The molecule has 0 amide bonds. The van der Waals surface area contributed by atoms with Crippen LogP contribution in [0.4, 0.5) is 17.2 Å². The van der Waals surface area contributed by atoms with Gasteiger partial charge in [0.2, 0.25) is 0 Å². The zero-order valence-electron chi connectivity index (χ0n) is 21.7. The molecular formula is C32H40N3+. The van der Waals surface area contributed by atoms with Gasteiger partial charge in [0.05, 0.1) is 12.7 Å². The van der Waals surface area contributed by atoms with Crippen molar-refractivity contribution in [2.75, 3.05) is 9.80 Å². The summed E-state index contributed by atoms with van der Waals surface area (Å²) in [6, 6.07) is 23.7. The van der Waals surface area contributed by atoms with Gasteiger partial charge in [0.25, 0.3) is 5.82 Å². The smallest absolute Gasteiger partial charge is 0.284 e. The summed E-state index contributed by atoms with van der Waals surface area (Å²) in [5, 5.41) is 0. The lowest BCUT2D eigenvalue weighted by atomic mass is 9.93. The van der Waals surface area contributed by atoms with E-state index in [9.17, 15) is 0 Å². The van der Waals surface area contributed by atoms with E-state index >= 15 is 0 Å². The molecule has 2 aliphatic carbocycles. The summed E-state index contributed by atoms with van der Waals surface area (Å²) >= 11 is 0. The van der Waals surface area contributed by atoms with Gasteiger partial charge in [0, 0.05) is 17.7 Å². The van der Waals surface area contributed by atoms with Crippen LogP contribution in [0.2, 0.25) is 0 Å². The number of nitrogens with zero attached hydrogens (tertiary/aromatic N) is 3. The monoisotopic (exact) mass is 466 g/mol. The first-order chi connectivity index (χ1) is 17.1. The predicted molar refractivity (Wildman–Crippen MR) is 146 cm³/mol. The van der Waals surface area contributed by atoms with Crippen LogP contribution in [0.25, 0.3) is 11.3 Å². The Bertz CT molecular complexity index is 1200. The quantitative estimate of drug-likeness (QED) is 0.363. The van der Waals surface area contributed by atoms with Crippen molar-refractivity contribution in [2.45, 2.75) is 89.8 Å². The number of hydrogen-bond acceptors (Lipinski definition) is 2. The highest BCUT2D eigenvalue weighted by molar-refractivity contribution is 5.82. The first kappa shape index (κ1) is 22.6. The van der Waals surface area contributed by atoms with Crippen LogP contribution >= 0.6 is 0 Å². The highest BCUT2D eigenvalue weighted by atomic mass is 15.4. The summed E-state index contributed by atoms with van der Waals surface area (Å²) in [5.74, 6) is 2.01. The number of aromatic nitrogens is 1. The standard InChI is InChI=1S/C32H40N3/c1-23-13-7-10-18-28(23)31-21-26(25-14-8-9-15-25)22-32(33(31)3)35-24(2)34(27-16-5-4-6-17-27)29-19-11-12-20-30(29)35/h7,10-13,18-22,24-25,27H,4-6,8-9,14-17H2,1-3H3/q+1/t24-/m1/s1. The van der Waals surface area contributed by atoms with Crippen LogP contribution in [0.5, 0.6) is 0 Å². The number of fused-ring (bicyclic) bond motifs is 1. The van der Waals surface area contributed by atoms with Gasteiger partial charge in [-0.3, -0.25) is 0 Å². The van der Waals surface area contributed by atoms with Gasteiger partial charge in [0.15, 0.2) is 11.9 Å². The van der Waals surface area contributed by atoms with Crippen LogP contribution < -0.4 is 14.4 Å². The third-order valence-corrected chi connectivity index (χ3v) is 8.96. The summed E-state index contributed by atoms with van der Waals surface area (Å²) in [6.45, 7) is 4.67. The third-order valence-electron chi connectivity index (χ3n) is 8.96. The summed E-state index contributed by atoms with van der Waals surface area (Å²) in [6.07, 6.45) is 12.4. The maximum atomic E-state index is 2.74. The van der Waals surface area contributed by atoms with Crippen LogP contribution in [0.15, 0.2) is 60.7 Å². The van der Waals surface area contributed by atoms with E-state index in [2.05, 4.69) is 95.9 Å². The van der Waals surface area contributed by atoms with E-state index in [1.807, 2.05) is 0 Å². The Morgan fingerprint density at radius 3 is 2.17 bits per heavy atom. The van der Waals surface area contributed by atoms with Crippen molar-refractivity contribution in [3.63, 3.8) is 0 Å². The zero-order chi connectivity index (χ0) is 23.9. The summed E-state index contributed by atoms with van der Waals surface area (Å²) in [5.41, 5.74) is 8.32. The molecule has 1 aromatic heterocycles. The Hall–Kier alpha value is -2.81. The van der Waals surface area contributed by atoms with Crippen LogP contribution in [0.1, 0.15) is 81.8 Å². The molecule has 0 spiro atoms. The topological polar surface area (TPSA) is 10.4 Å². The van der Waals surface area contributed by atoms with Gasteiger partial charge in [-0.25, -0.2) is 9.47 Å². The Morgan fingerprint density at radius 1 is 0.771 bits per heavy atom. The second-order valence-electron chi connectivity index (χ2n) is 11.1.